The van der Waals surface area contributed by atoms with Crippen LogP contribution in [0.3, 0.4) is 0 Å². The van der Waals surface area contributed by atoms with Gasteiger partial charge in [0.2, 0.25) is 0 Å². The van der Waals surface area contributed by atoms with Gasteiger partial charge in [-0.2, -0.15) is 0 Å². The molecule has 0 saturated carbocycles. The molecule has 2 aromatic rings. The van der Waals surface area contributed by atoms with E-state index in [9.17, 15) is 14.3 Å². The Bertz CT molecular complexity index is 936. The van der Waals surface area contributed by atoms with Gasteiger partial charge in [0.15, 0.2) is 6.29 Å². The number of carbonyl (C=O) groups is 1. The molecular weight excluding hydrogens is 425 g/mol. The van der Waals surface area contributed by atoms with E-state index in [-0.39, 0.29) is 11.9 Å². The highest BCUT2D eigenvalue weighted by atomic mass is 19.1. The van der Waals surface area contributed by atoms with E-state index in [4.69, 9.17) is 9.47 Å². The molecule has 3 N–H and O–H groups in total. The number of hydrogen-bond donors (Lipinski definition) is 3. The van der Waals surface area contributed by atoms with Gasteiger partial charge in [-0.15, -0.1) is 0 Å². The predicted octanol–water partition coefficient (Wildman–Crippen LogP) is 2.76. The second-order valence-corrected chi connectivity index (χ2v) is 9.16. The molecule has 33 heavy (non-hydrogen) atoms. The number of ether oxygens (including phenoxy) is 2. The summed E-state index contributed by atoms with van der Waals surface area (Å²) in [5.74, 6) is 0.236. The molecule has 3 aliphatic heterocycles. The zero-order valence-corrected chi connectivity index (χ0v) is 18.4. The SMILES string of the molecule is O=C(Nc1ccc(F)cc1)NC1C2COC(O2)C(N2CCC(Cc3ccccc3)CC2)C1O. The van der Waals surface area contributed by atoms with Gasteiger partial charge in [0.25, 0.3) is 0 Å². The predicted molar refractivity (Wildman–Crippen MR) is 121 cm³/mol. The van der Waals surface area contributed by atoms with Crippen molar-refractivity contribution in [3.8, 4) is 0 Å². The lowest BCUT2D eigenvalue weighted by molar-refractivity contribution is -0.184. The summed E-state index contributed by atoms with van der Waals surface area (Å²) in [7, 11) is 0. The summed E-state index contributed by atoms with van der Waals surface area (Å²) in [6, 6.07) is 14.7. The van der Waals surface area contributed by atoms with Gasteiger partial charge in [-0.25, -0.2) is 9.18 Å². The van der Waals surface area contributed by atoms with Gasteiger partial charge in [0, 0.05) is 5.69 Å². The first-order valence-electron chi connectivity index (χ1n) is 11.6. The van der Waals surface area contributed by atoms with Crippen molar-refractivity contribution < 1.29 is 23.8 Å². The van der Waals surface area contributed by atoms with E-state index in [0.29, 0.717) is 18.2 Å². The van der Waals surface area contributed by atoms with Gasteiger partial charge in [0.05, 0.1) is 24.8 Å². The van der Waals surface area contributed by atoms with Crippen molar-refractivity contribution in [2.24, 2.45) is 5.92 Å². The number of likely N-dealkylation sites (tertiary alicyclic amines) is 1. The largest absolute Gasteiger partial charge is 0.389 e. The van der Waals surface area contributed by atoms with E-state index in [1.807, 2.05) is 6.07 Å². The summed E-state index contributed by atoms with van der Waals surface area (Å²) in [5.41, 5.74) is 1.83. The van der Waals surface area contributed by atoms with Crippen LogP contribution in [0.25, 0.3) is 0 Å². The summed E-state index contributed by atoms with van der Waals surface area (Å²) in [5, 5.41) is 16.7. The molecule has 0 radical (unpaired) electrons. The third kappa shape index (κ3) is 5.04. The summed E-state index contributed by atoms with van der Waals surface area (Å²) in [6.45, 7) is 2.02. The van der Waals surface area contributed by atoms with Crippen molar-refractivity contribution in [3.05, 3.63) is 66.0 Å². The van der Waals surface area contributed by atoms with Crippen LogP contribution in [-0.4, -0.2) is 66.3 Å². The van der Waals surface area contributed by atoms with Crippen LogP contribution in [0, 0.1) is 11.7 Å². The number of benzene rings is 2. The molecule has 2 bridgehead atoms. The Morgan fingerprint density at radius 2 is 1.82 bits per heavy atom. The van der Waals surface area contributed by atoms with Gasteiger partial charge in [0.1, 0.15) is 11.9 Å². The van der Waals surface area contributed by atoms with Gasteiger partial charge < -0.3 is 25.2 Å². The fourth-order valence-corrected chi connectivity index (χ4v) is 5.22. The van der Waals surface area contributed by atoms with Gasteiger partial charge in [-0.1, -0.05) is 30.3 Å². The number of amides is 2. The molecule has 5 rings (SSSR count). The summed E-state index contributed by atoms with van der Waals surface area (Å²) < 4.78 is 25.0. The Hall–Kier alpha value is -2.52. The number of nitrogens with one attached hydrogen (secondary N) is 2. The normalized spacial score (nSPS) is 30.2. The van der Waals surface area contributed by atoms with Crippen LogP contribution < -0.4 is 10.6 Å². The molecule has 3 fully saturated rings. The standard InChI is InChI=1S/C25H30FN3O4/c26-18-6-8-19(9-7-18)27-25(31)28-21-20-15-32-24(33-20)22(23(21)30)29-12-10-17(11-13-29)14-16-4-2-1-3-5-16/h1-9,17,20-24,30H,10-15H2,(H2,27,28,31). The third-order valence-electron chi connectivity index (χ3n) is 6.97. The molecular formula is C25H30FN3O4. The number of piperidine rings is 1. The number of aliphatic hydroxyl groups excluding tert-OH is 1. The van der Waals surface area contributed by atoms with Crippen LogP contribution in [0.15, 0.2) is 54.6 Å². The van der Waals surface area contributed by atoms with Crippen molar-refractivity contribution >= 4 is 11.7 Å². The van der Waals surface area contributed by atoms with E-state index >= 15 is 0 Å². The van der Waals surface area contributed by atoms with Crippen LogP contribution in [0.1, 0.15) is 18.4 Å². The van der Waals surface area contributed by atoms with Crippen molar-refractivity contribution in [1.82, 2.24) is 10.2 Å². The molecule has 0 aromatic heterocycles. The molecule has 176 valence electrons. The van der Waals surface area contributed by atoms with E-state index in [0.717, 1.165) is 32.4 Å². The maximum Gasteiger partial charge on any atom is 0.319 e. The number of aliphatic hydroxyl groups is 1. The Morgan fingerprint density at radius 1 is 1.09 bits per heavy atom. The average Bonchev–Trinajstić information content (AvgIpc) is 3.25. The van der Waals surface area contributed by atoms with E-state index in [2.05, 4.69) is 39.8 Å². The first-order valence-corrected chi connectivity index (χ1v) is 11.6. The lowest BCUT2D eigenvalue weighted by Crippen LogP contribution is -2.66. The number of anilines is 1. The van der Waals surface area contributed by atoms with Crippen molar-refractivity contribution in [2.45, 2.75) is 49.8 Å². The molecule has 5 atom stereocenters. The quantitative estimate of drug-likeness (QED) is 0.646. The smallest absolute Gasteiger partial charge is 0.319 e. The maximum atomic E-state index is 13.1. The molecule has 7 nitrogen and oxygen atoms in total. The summed E-state index contributed by atoms with van der Waals surface area (Å²) in [4.78, 5) is 14.8. The molecule has 3 aliphatic rings. The number of carbonyl (C=O) groups excluding carboxylic acids is 1. The molecule has 3 heterocycles. The highest BCUT2D eigenvalue weighted by Gasteiger charge is 2.52. The molecule has 2 aromatic carbocycles. The zero-order valence-electron chi connectivity index (χ0n) is 18.4. The zero-order chi connectivity index (χ0) is 22.8. The van der Waals surface area contributed by atoms with Gasteiger partial charge in [-0.3, -0.25) is 4.90 Å². The third-order valence-corrected chi connectivity index (χ3v) is 6.97. The fraction of sp³-hybridized carbons (Fsp3) is 0.480. The van der Waals surface area contributed by atoms with E-state index in [1.54, 1.807) is 0 Å². The number of rotatable bonds is 5. The van der Waals surface area contributed by atoms with Gasteiger partial charge in [-0.05, 0) is 68.1 Å². The maximum absolute atomic E-state index is 13.1. The number of nitrogens with zero attached hydrogens (tertiary/aromatic N) is 1. The van der Waals surface area contributed by atoms with Gasteiger partial charge >= 0.3 is 6.03 Å². The first-order chi connectivity index (χ1) is 16.1. The molecule has 5 unspecified atom stereocenters. The Labute approximate surface area is 192 Å². The first kappa shape index (κ1) is 22.3. The van der Waals surface area contributed by atoms with Crippen LogP contribution in [-0.2, 0) is 15.9 Å². The Balaban J connectivity index is 1.19. The monoisotopic (exact) mass is 455 g/mol. The summed E-state index contributed by atoms with van der Waals surface area (Å²) >= 11 is 0. The number of hydrogen-bond acceptors (Lipinski definition) is 5. The molecule has 0 spiro atoms. The molecule has 0 aliphatic carbocycles. The lowest BCUT2D eigenvalue weighted by atomic mass is 9.87. The highest BCUT2D eigenvalue weighted by Crippen LogP contribution is 2.34. The topological polar surface area (TPSA) is 83.1 Å². The van der Waals surface area contributed by atoms with Crippen LogP contribution in [0.2, 0.25) is 0 Å². The van der Waals surface area contributed by atoms with E-state index < -0.39 is 30.6 Å². The average molecular weight is 456 g/mol. The number of halogens is 1. The van der Waals surface area contributed by atoms with Crippen LogP contribution in [0.4, 0.5) is 14.9 Å². The minimum atomic E-state index is -0.819. The van der Waals surface area contributed by atoms with Crippen molar-refractivity contribution in [1.29, 1.82) is 0 Å². The van der Waals surface area contributed by atoms with Crippen LogP contribution >= 0.6 is 0 Å². The molecule has 2 amide bonds. The molecule has 8 heteroatoms. The Kier molecular flexibility index (Phi) is 6.59. The minimum Gasteiger partial charge on any atom is -0.389 e. The van der Waals surface area contributed by atoms with Crippen molar-refractivity contribution in [3.63, 3.8) is 0 Å². The van der Waals surface area contributed by atoms with Crippen molar-refractivity contribution in [2.75, 3.05) is 25.0 Å². The highest BCUT2D eigenvalue weighted by molar-refractivity contribution is 5.89. The minimum absolute atomic E-state index is 0.324. The second kappa shape index (κ2) is 9.77. The fourth-order valence-electron chi connectivity index (χ4n) is 5.22. The van der Waals surface area contributed by atoms with Crippen LogP contribution in [0.5, 0.6) is 0 Å². The summed E-state index contributed by atoms with van der Waals surface area (Å²) in [6.07, 6.45) is 1.42. The number of urea groups is 1. The second-order valence-electron chi connectivity index (χ2n) is 9.16. The Morgan fingerprint density at radius 3 is 2.55 bits per heavy atom. The number of fused-ring (bicyclic) bond motifs is 2. The molecule has 3 saturated heterocycles. The lowest BCUT2D eigenvalue weighted by Gasteiger charge is -2.46. The van der Waals surface area contributed by atoms with E-state index in [1.165, 1.54) is 29.8 Å².